The molecular weight excluding hydrogens is 1570 g/mol. The predicted octanol–water partition coefficient (Wildman–Crippen LogP) is 17.6. The average Bonchev–Trinajstić information content (AvgIpc) is 1.63. The van der Waals surface area contributed by atoms with E-state index in [0.29, 0.717) is 102 Å². The van der Waals surface area contributed by atoms with Crippen molar-refractivity contribution < 1.29 is 28.7 Å². The monoisotopic (exact) mass is 1640 g/mol. The number of amides is 5. The Hall–Kier alpha value is -10.2. The molecule has 0 radical (unpaired) electrons. The number of carbonyl (C=O) groups excluding carboxylic acids is 5. The third kappa shape index (κ3) is 18.0. The molecule has 0 bridgehead atoms. The number of aryl methyl sites for hydroxylation is 4. The van der Waals surface area contributed by atoms with E-state index in [-0.39, 0.29) is 48.5 Å². The van der Waals surface area contributed by atoms with Gasteiger partial charge in [-0.2, -0.15) is 20.4 Å². The van der Waals surface area contributed by atoms with Crippen LogP contribution in [0.2, 0.25) is 35.2 Å². The molecule has 1 fully saturated rings. The fraction of sp³-hybridized carbons (Fsp3) is 0.234. The molecule has 5 aliphatic rings. The number of aromatic nitrogens is 8. The molecule has 0 spiro atoms. The molecule has 7 aromatic carbocycles. The van der Waals surface area contributed by atoms with Crippen molar-refractivity contribution >= 4 is 192 Å². The summed E-state index contributed by atoms with van der Waals surface area (Å²) in [6.45, 7) is 8.03. The molecule has 8 heterocycles. The summed E-state index contributed by atoms with van der Waals surface area (Å²) in [5, 5.41) is 43.1. The van der Waals surface area contributed by atoms with E-state index in [2.05, 4.69) is 57.6 Å². The first kappa shape index (κ1) is 79.4. The summed E-state index contributed by atoms with van der Waals surface area (Å²) in [7, 11) is 7.44. The molecule has 1 saturated carbocycles. The van der Waals surface area contributed by atoms with Crippen molar-refractivity contribution in [2.24, 2.45) is 39.8 Å². The molecule has 0 saturated heterocycles. The lowest BCUT2D eigenvalue weighted by Gasteiger charge is -2.23. The minimum atomic E-state index is -0.596. The van der Waals surface area contributed by atoms with Gasteiger partial charge in [-0.3, -0.25) is 37.9 Å². The van der Waals surface area contributed by atoms with E-state index in [1.165, 1.54) is 0 Å². The van der Waals surface area contributed by atoms with Crippen LogP contribution in [0.4, 0.5) is 73.6 Å². The Balaban J connectivity index is 0.000000140. The van der Waals surface area contributed by atoms with Gasteiger partial charge >= 0.3 is 6.09 Å². The molecule has 5 amide bonds. The third-order valence-corrected chi connectivity index (χ3v) is 20.3. The van der Waals surface area contributed by atoms with E-state index in [4.69, 9.17) is 91.7 Å². The van der Waals surface area contributed by atoms with Gasteiger partial charge in [0.05, 0.1) is 89.9 Å². The second-order valence-electron chi connectivity index (χ2n) is 27.2. The van der Waals surface area contributed by atoms with Crippen LogP contribution >= 0.6 is 93.6 Å². The van der Waals surface area contributed by atoms with Crippen LogP contribution in [0.15, 0.2) is 152 Å². The van der Waals surface area contributed by atoms with Gasteiger partial charge in [0, 0.05) is 134 Å². The summed E-state index contributed by atoms with van der Waals surface area (Å²) in [5.74, 6) is 3.04. The first-order valence-electron chi connectivity index (χ1n) is 34.4. The Bertz CT molecular complexity index is 5380. The number of hydrogen-bond donors (Lipinski definition) is 8. The Morgan fingerprint density at radius 3 is 1.17 bits per heavy atom. The number of benzene rings is 7. The van der Waals surface area contributed by atoms with E-state index in [0.717, 1.165) is 109 Å². The Morgan fingerprint density at radius 1 is 0.455 bits per heavy atom. The fourth-order valence-electron chi connectivity index (χ4n) is 12.5. The first-order valence-corrected chi connectivity index (χ1v) is 37.1. The zero-order valence-electron chi connectivity index (χ0n) is 60.4. The Morgan fingerprint density at radius 2 is 0.800 bits per heavy atom. The molecule has 11 aromatic rings. The van der Waals surface area contributed by atoms with Gasteiger partial charge in [-0.25, -0.2) is 4.79 Å². The number of alkyl carbamates (subject to hydrolysis) is 1. The van der Waals surface area contributed by atoms with Crippen LogP contribution in [0, 0.1) is 5.92 Å². The van der Waals surface area contributed by atoms with E-state index in [1.54, 1.807) is 159 Å². The fourth-order valence-corrected chi connectivity index (χ4v) is 13.9. The highest BCUT2D eigenvalue weighted by Gasteiger charge is 2.33. The molecule has 0 atom stereocenters. The number of anilines is 12. The highest BCUT2D eigenvalue weighted by molar-refractivity contribution is 6.34. The zero-order chi connectivity index (χ0) is 77.3. The molecule has 4 aliphatic heterocycles. The van der Waals surface area contributed by atoms with Gasteiger partial charge < -0.3 is 62.4 Å². The van der Waals surface area contributed by atoms with E-state index in [9.17, 15) is 24.0 Å². The summed E-state index contributed by atoms with van der Waals surface area (Å²) in [4.78, 5) is 69.4. The maximum absolute atomic E-state index is 13.6. The number of nitrogens with two attached hydrogens (primary N) is 1. The summed E-state index contributed by atoms with van der Waals surface area (Å²) in [5.41, 5.74) is 18.8. The minimum absolute atomic E-state index is 0. The van der Waals surface area contributed by atoms with Crippen molar-refractivity contribution in [3.05, 3.63) is 243 Å². The molecule has 33 heteroatoms. The van der Waals surface area contributed by atoms with Crippen molar-refractivity contribution in [1.82, 2.24) is 49.8 Å². The van der Waals surface area contributed by atoms with Crippen molar-refractivity contribution in [3.63, 3.8) is 0 Å². The smallest absolute Gasteiger partial charge is 0.407 e. The molecule has 570 valence electrons. The normalized spacial score (nSPS) is 13.3. The summed E-state index contributed by atoms with van der Waals surface area (Å²) in [6, 6.07) is 37.2. The van der Waals surface area contributed by atoms with Gasteiger partial charge in [0.2, 0.25) is 5.91 Å². The van der Waals surface area contributed by atoms with Gasteiger partial charge in [-0.15, -0.1) is 12.4 Å². The predicted molar refractivity (Wildman–Crippen MR) is 438 cm³/mol. The van der Waals surface area contributed by atoms with Crippen LogP contribution in [0.25, 0.3) is 0 Å². The largest absolute Gasteiger partial charge is 0.444 e. The minimum Gasteiger partial charge on any atom is -0.444 e. The highest BCUT2D eigenvalue weighted by atomic mass is 35.5. The molecule has 9 N–H and O–H groups in total. The molecule has 0 unspecified atom stereocenters. The number of ether oxygens (including phenoxy) is 1. The van der Waals surface area contributed by atoms with Gasteiger partial charge in [0.1, 0.15) is 28.9 Å². The standard InChI is InChI=1S/C24H25Cl2N5O3.C23H21Cl2N5O2.C19H17Cl2N5O.C11H11ClN4.ClH/c1-24(2,3)34-23(33)27-11-15-6-5-14(9-18(15)26)22(32)31-13-16-12-28-30(4)21(16)29-19-10-17(25)7-8-20(19)31;1-29-21-16(11-27-29)12-30(20-7-6-17(24)9-19(20)28-21)23(32)14-4-5-15(18(25)8-14)10-26-22(31)13-2-3-13;1-25-18-13(9-23-25)10-26(17-5-4-14(20)7-16(17)24-18)19(27)11-2-3-12(8-22)15(21)6-11;1-16-11-7(6-14-16)5-13-9-3-2-8(12)4-10(9)15-11;/h5-10,12,29H,11,13H2,1-4H3,(H,27,33);4-9,11,13,28H,2-3,10,12H2,1H3,(H,26,31);2-7,9,24H,8,10,22H2,1H3;2-4,6,13,15H,5H2,1H3;1H. The molecule has 16 rings (SSSR count). The molecule has 4 aromatic heterocycles. The van der Waals surface area contributed by atoms with Gasteiger partial charge in [-0.05, 0) is 159 Å². The van der Waals surface area contributed by atoms with Gasteiger partial charge in [0.15, 0.2) is 0 Å². The SMILES string of the molecule is Cl.Cn1ncc2c1Nc1cc(Cl)ccc1N(C(=O)c1ccc(CN)c(Cl)c1)C2.Cn1ncc2c1Nc1cc(Cl)ccc1N(C(=O)c1ccc(CNC(=O)C3CC3)c(Cl)c1)C2.Cn1ncc2c1Nc1cc(Cl)ccc1N(C(=O)c1ccc(CNC(=O)OC(C)(C)C)c(Cl)c1)C2.Cn1ncc2c1Nc1cc(Cl)ccc1NC2. The topological polar surface area (TPSA) is 286 Å². The van der Waals surface area contributed by atoms with E-state index >= 15 is 0 Å². The van der Waals surface area contributed by atoms with Crippen LogP contribution in [0.3, 0.4) is 0 Å². The van der Waals surface area contributed by atoms with Crippen LogP contribution in [-0.2, 0) is 83.5 Å². The van der Waals surface area contributed by atoms with Crippen molar-refractivity contribution in [2.75, 3.05) is 41.3 Å². The van der Waals surface area contributed by atoms with Crippen molar-refractivity contribution in [3.8, 4) is 0 Å². The van der Waals surface area contributed by atoms with E-state index < -0.39 is 11.7 Å². The van der Waals surface area contributed by atoms with Crippen LogP contribution in [-0.4, -0.2) is 74.4 Å². The summed E-state index contributed by atoms with van der Waals surface area (Å²) < 4.78 is 12.3. The Kier molecular flexibility index (Phi) is 24.2. The maximum Gasteiger partial charge on any atom is 0.407 e. The maximum atomic E-state index is 13.6. The first-order chi connectivity index (χ1) is 52.1. The molecule has 1 aliphatic carbocycles. The lowest BCUT2D eigenvalue weighted by Crippen LogP contribution is -2.32. The zero-order valence-corrected chi connectivity index (χ0v) is 66.5. The number of fused-ring (bicyclic) bond motifs is 8. The number of carbonyl (C=O) groups is 5. The number of nitrogens with one attached hydrogen (secondary N) is 7. The summed E-state index contributed by atoms with van der Waals surface area (Å²) in [6.07, 6.45) is 8.45. The van der Waals surface area contributed by atoms with E-state index in [1.807, 2.05) is 75.5 Å². The highest BCUT2D eigenvalue weighted by Crippen LogP contribution is 2.43. The molecular formula is C77H75Cl8N19O6. The van der Waals surface area contributed by atoms with Crippen LogP contribution < -0.4 is 57.7 Å². The lowest BCUT2D eigenvalue weighted by atomic mass is 10.1. The number of hydrogen-bond acceptors (Lipinski definition) is 16. The second kappa shape index (κ2) is 33.6. The Labute approximate surface area is 674 Å². The van der Waals surface area contributed by atoms with Crippen molar-refractivity contribution in [1.29, 1.82) is 0 Å². The van der Waals surface area contributed by atoms with Crippen LogP contribution in [0.1, 0.15) is 104 Å². The van der Waals surface area contributed by atoms with Crippen LogP contribution in [0.5, 0.6) is 0 Å². The molecule has 110 heavy (non-hydrogen) atoms. The quantitative estimate of drug-likeness (QED) is 0.0666. The average molecular weight is 1650 g/mol. The van der Waals surface area contributed by atoms with Gasteiger partial charge in [0.25, 0.3) is 17.7 Å². The second-order valence-corrected chi connectivity index (χ2v) is 30.2. The molecule has 25 nitrogen and oxygen atoms in total. The summed E-state index contributed by atoms with van der Waals surface area (Å²) >= 11 is 43.8. The van der Waals surface area contributed by atoms with Gasteiger partial charge in [-0.1, -0.05) is 99.4 Å². The number of nitrogens with zero attached hydrogens (tertiary/aromatic N) is 11. The van der Waals surface area contributed by atoms with Crippen molar-refractivity contribution in [2.45, 2.75) is 85.0 Å². The third-order valence-electron chi connectivity index (χ3n) is 18.3. The lowest BCUT2D eigenvalue weighted by molar-refractivity contribution is -0.122. The number of halogens is 8. The number of rotatable bonds is 9.